The van der Waals surface area contributed by atoms with Crippen LogP contribution in [-0.2, 0) is 16.0 Å². The van der Waals surface area contributed by atoms with Gasteiger partial charge < -0.3 is 20.3 Å². The molecule has 33 heavy (non-hydrogen) atoms. The highest BCUT2D eigenvalue weighted by atomic mass is 16.5. The van der Waals surface area contributed by atoms with Crippen molar-refractivity contribution < 1.29 is 19.4 Å². The largest absolute Gasteiger partial charge is 0.465 e. The zero-order valence-corrected chi connectivity index (χ0v) is 19.0. The van der Waals surface area contributed by atoms with E-state index in [-0.39, 0.29) is 17.9 Å². The fourth-order valence-electron chi connectivity index (χ4n) is 4.77. The summed E-state index contributed by atoms with van der Waals surface area (Å²) in [4.78, 5) is 38.2. The third-order valence-electron chi connectivity index (χ3n) is 6.36. The summed E-state index contributed by atoms with van der Waals surface area (Å²) in [5.41, 5.74) is 2.79. The van der Waals surface area contributed by atoms with Crippen LogP contribution in [0, 0.1) is 19.8 Å². The van der Waals surface area contributed by atoms with Crippen molar-refractivity contribution in [3.8, 4) is 0 Å². The zero-order chi connectivity index (χ0) is 23.9. The van der Waals surface area contributed by atoms with Gasteiger partial charge in [0.15, 0.2) is 0 Å². The molecule has 3 aromatic rings. The molecule has 4 N–H and O–H groups in total. The molecule has 2 aromatic carbocycles. The van der Waals surface area contributed by atoms with Crippen molar-refractivity contribution in [1.82, 2.24) is 10.2 Å². The van der Waals surface area contributed by atoms with E-state index in [0.29, 0.717) is 28.1 Å². The predicted molar refractivity (Wildman–Crippen MR) is 123 cm³/mol. The Bertz CT molecular complexity index is 1270. The molecule has 172 valence electrons. The van der Waals surface area contributed by atoms with Gasteiger partial charge in [-0.15, -0.1) is 0 Å². The molecule has 0 fully saturated rings. The molecule has 0 saturated carbocycles. The number of aryl methyl sites for hydroxylation is 2. The summed E-state index contributed by atoms with van der Waals surface area (Å²) in [5.74, 6) is -2.55. The molecule has 0 unspecified atom stereocenters. The number of benzene rings is 2. The number of amides is 1. The minimum absolute atomic E-state index is 0.114. The molecule has 1 heterocycles. The minimum atomic E-state index is -1.44. The Labute approximate surface area is 191 Å². The first-order valence-corrected chi connectivity index (χ1v) is 10.7. The third-order valence-corrected chi connectivity index (χ3v) is 6.36. The van der Waals surface area contributed by atoms with Gasteiger partial charge in [0.25, 0.3) is 5.56 Å². The number of rotatable bonds is 4. The highest BCUT2D eigenvalue weighted by molar-refractivity contribution is 5.95. The summed E-state index contributed by atoms with van der Waals surface area (Å²) in [6.07, 6.45) is 0.114. The second kappa shape index (κ2) is 8.37. The maximum atomic E-state index is 13.6. The number of anilines is 1. The van der Waals surface area contributed by atoms with Gasteiger partial charge in [-0.1, -0.05) is 29.8 Å². The molecular formula is C25H27N3O5. The van der Waals surface area contributed by atoms with Gasteiger partial charge in [0.1, 0.15) is 0 Å². The van der Waals surface area contributed by atoms with Gasteiger partial charge in [-0.05, 0) is 50.1 Å². The van der Waals surface area contributed by atoms with Gasteiger partial charge in [0.2, 0.25) is 5.91 Å². The molecule has 0 aliphatic heterocycles. The molecule has 4 rings (SSSR count). The van der Waals surface area contributed by atoms with Gasteiger partial charge in [-0.25, -0.2) is 4.79 Å². The first-order chi connectivity index (χ1) is 15.6. The van der Waals surface area contributed by atoms with Crippen LogP contribution in [0.1, 0.15) is 51.1 Å². The fraction of sp³-hybridized carbons (Fsp3) is 0.320. The van der Waals surface area contributed by atoms with Gasteiger partial charge >= 0.3 is 5.97 Å². The average molecular weight is 450 g/mol. The van der Waals surface area contributed by atoms with Crippen LogP contribution < -0.4 is 10.9 Å². The molecule has 1 aliphatic rings. The molecular weight excluding hydrogens is 422 g/mol. The van der Waals surface area contributed by atoms with Crippen molar-refractivity contribution >= 4 is 17.6 Å². The number of aromatic nitrogens is 2. The molecule has 0 saturated heterocycles. The lowest BCUT2D eigenvalue weighted by atomic mass is 9.66. The van der Waals surface area contributed by atoms with Crippen LogP contribution in [0.15, 0.2) is 47.3 Å². The number of hydrogen-bond donors (Lipinski definition) is 4. The first-order valence-electron chi connectivity index (χ1n) is 10.7. The third kappa shape index (κ3) is 4.09. The van der Waals surface area contributed by atoms with Crippen LogP contribution in [-0.4, -0.2) is 39.9 Å². The quantitative estimate of drug-likeness (QED) is 0.456. The number of aromatic amines is 2. The number of methoxy groups -OCH3 is 1. The van der Waals surface area contributed by atoms with Crippen molar-refractivity contribution in [2.75, 3.05) is 12.4 Å². The summed E-state index contributed by atoms with van der Waals surface area (Å²) in [5, 5.41) is 19.8. The Kier molecular flexibility index (Phi) is 5.71. The second-order valence-electron chi connectivity index (χ2n) is 8.88. The van der Waals surface area contributed by atoms with E-state index in [2.05, 4.69) is 15.5 Å². The number of ether oxygens (including phenoxy) is 1. The Morgan fingerprint density at radius 1 is 1.12 bits per heavy atom. The summed E-state index contributed by atoms with van der Waals surface area (Å²) in [6, 6.07) is 12.2. The standard InChI is InChI=1S/C25H27N3O5/c1-13-5-10-17(14(2)11-13)26-23(30)21-19(15-6-8-16(9-7-15)24(31)33-4)20-18(12-25(21,3)32)27-28-22(20)29/h5-11,19,21,32H,12H2,1-4H3,(H,26,30)(H2,27,28,29)/t19-,21-,25-/m1/s1. The number of H-pyrrole nitrogens is 2. The monoisotopic (exact) mass is 449 g/mol. The highest BCUT2D eigenvalue weighted by Crippen LogP contribution is 2.44. The van der Waals surface area contributed by atoms with E-state index in [1.54, 1.807) is 31.2 Å². The fourth-order valence-corrected chi connectivity index (χ4v) is 4.77. The SMILES string of the molecule is COC(=O)c1ccc([C@@H]2c3c([nH][nH]c3=O)C[C@@](C)(O)[C@H]2C(=O)Nc2ccc(C)cc2C)cc1. The van der Waals surface area contributed by atoms with E-state index in [1.807, 2.05) is 32.0 Å². The van der Waals surface area contributed by atoms with E-state index in [1.165, 1.54) is 7.11 Å². The Balaban J connectivity index is 1.80. The van der Waals surface area contributed by atoms with Crippen LogP contribution in [0.3, 0.4) is 0 Å². The lowest BCUT2D eigenvalue weighted by molar-refractivity contribution is -0.130. The predicted octanol–water partition coefficient (Wildman–Crippen LogP) is 2.80. The minimum Gasteiger partial charge on any atom is -0.465 e. The van der Waals surface area contributed by atoms with E-state index in [9.17, 15) is 19.5 Å². The van der Waals surface area contributed by atoms with E-state index in [4.69, 9.17) is 4.74 Å². The Morgan fingerprint density at radius 3 is 2.45 bits per heavy atom. The summed E-state index contributed by atoms with van der Waals surface area (Å²) >= 11 is 0. The van der Waals surface area contributed by atoms with Gasteiger partial charge in [0.05, 0.1) is 24.2 Å². The van der Waals surface area contributed by atoms with Crippen molar-refractivity contribution in [3.63, 3.8) is 0 Å². The summed E-state index contributed by atoms with van der Waals surface area (Å²) < 4.78 is 4.76. The van der Waals surface area contributed by atoms with Crippen molar-refractivity contribution in [1.29, 1.82) is 0 Å². The van der Waals surface area contributed by atoms with E-state index >= 15 is 0 Å². The lowest BCUT2D eigenvalue weighted by Crippen LogP contribution is -2.51. The van der Waals surface area contributed by atoms with Crippen molar-refractivity contribution in [3.05, 3.63) is 86.3 Å². The number of carbonyl (C=O) groups excluding carboxylic acids is 2. The molecule has 0 radical (unpaired) electrons. The van der Waals surface area contributed by atoms with E-state index in [0.717, 1.165) is 11.1 Å². The summed E-state index contributed by atoms with van der Waals surface area (Å²) in [7, 11) is 1.30. The van der Waals surface area contributed by atoms with Gasteiger partial charge in [0, 0.05) is 29.3 Å². The number of carbonyl (C=O) groups is 2. The second-order valence-corrected chi connectivity index (χ2v) is 8.88. The highest BCUT2D eigenvalue weighted by Gasteiger charge is 2.50. The summed E-state index contributed by atoms with van der Waals surface area (Å²) in [6.45, 7) is 5.47. The van der Waals surface area contributed by atoms with Crippen LogP contribution in [0.4, 0.5) is 5.69 Å². The number of aliphatic hydroxyl groups is 1. The van der Waals surface area contributed by atoms with Crippen LogP contribution in [0.2, 0.25) is 0 Å². The zero-order valence-electron chi connectivity index (χ0n) is 19.0. The molecule has 0 bridgehead atoms. The van der Waals surface area contributed by atoms with Gasteiger partial charge in [-0.3, -0.25) is 14.7 Å². The topological polar surface area (TPSA) is 124 Å². The van der Waals surface area contributed by atoms with Gasteiger partial charge in [-0.2, -0.15) is 0 Å². The van der Waals surface area contributed by atoms with Crippen molar-refractivity contribution in [2.45, 2.75) is 38.7 Å². The van der Waals surface area contributed by atoms with Crippen molar-refractivity contribution in [2.24, 2.45) is 5.92 Å². The normalized spacial score (nSPS) is 21.8. The lowest BCUT2D eigenvalue weighted by Gasteiger charge is -2.41. The van der Waals surface area contributed by atoms with Crippen LogP contribution in [0.5, 0.6) is 0 Å². The van der Waals surface area contributed by atoms with E-state index < -0.39 is 23.4 Å². The molecule has 8 nitrogen and oxygen atoms in total. The molecule has 3 atom stereocenters. The number of nitrogens with one attached hydrogen (secondary N) is 3. The maximum Gasteiger partial charge on any atom is 0.337 e. The molecule has 0 spiro atoms. The molecule has 1 aromatic heterocycles. The molecule has 8 heteroatoms. The number of hydrogen-bond acceptors (Lipinski definition) is 5. The Hall–Kier alpha value is -3.65. The Morgan fingerprint density at radius 2 is 1.82 bits per heavy atom. The maximum absolute atomic E-state index is 13.6. The average Bonchev–Trinajstić information content (AvgIpc) is 3.13. The molecule has 1 amide bonds. The number of fused-ring (bicyclic) bond motifs is 1. The first kappa shape index (κ1) is 22.5. The van der Waals surface area contributed by atoms with Crippen LogP contribution in [0.25, 0.3) is 0 Å². The number of esters is 1. The molecule has 1 aliphatic carbocycles. The van der Waals surface area contributed by atoms with Crippen LogP contribution >= 0.6 is 0 Å². The smallest absolute Gasteiger partial charge is 0.337 e.